The molecule has 0 aliphatic rings. The van der Waals surface area contributed by atoms with Gasteiger partial charge in [-0.25, -0.2) is 8.78 Å². The molecule has 0 fully saturated rings. The molecule has 0 aromatic heterocycles. The predicted octanol–water partition coefficient (Wildman–Crippen LogP) is 3.57. The third-order valence-corrected chi connectivity index (χ3v) is 2.12. The van der Waals surface area contributed by atoms with E-state index in [1.165, 1.54) is 12.1 Å². The van der Waals surface area contributed by atoms with Crippen LogP contribution >= 0.6 is 0 Å². The van der Waals surface area contributed by atoms with Crippen molar-refractivity contribution in [2.24, 2.45) is 0 Å². The summed E-state index contributed by atoms with van der Waals surface area (Å²) in [6, 6.07) is 9.28. The molecule has 0 heterocycles. The fourth-order valence-electron chi connectivity index (χ4n) is 1.34. The Hall–Kier alpha value is -2.23. The average Bonchev–Trinajstić information content (AvgIpc) is 2.33. The first-order valence-electron chi connectivity index (χ1n) is 4.87. The van der Waals surface area contributed by atoms with Crippen LogP contribution in [0.15, 0.2) is 42.5 Å². The van der Waals surface area contributed by atoms with Crippen molar-refractivity contribution in [3.05, 3.63) is 59.7 Å². The summed E-state index contributed by atoms with van der Waals surface area (Å²) in [6.45, 7) is 0. The van der Waals surface area contributed by atoms with Crippen LogP contribution in [0.4, 0.5) is 8.78 Å². The summed E-state index contributed by atoms with van der Waals surface area (Å²) in [5, 5.41) is 0. The quantitative estimate of drug-likeness (QED) is 0.759. The van der Waals surface area contributed by atoms with Crippen molar-refractivity contribution in [2.45, 2.75) is 0 Å². The number of benzene rings is 2. The van der Waals surface area contributed by atoms with E-state index in [1.54, 1.807) is 18.2 Å². The number of aldehydes is 1. The van der Waals surface area contributed by atoms with Crippen LogP contribution in [0.2, 0.25) is 0 Å². The molecule has 86 valence electrons. The summed E-state index contributed by atoms with van der Waals surface area (Å²) in [4.78, 5) is 10.5. The number of halogens is 2. The van der Waals surface area contributed by atoms with E-state index in [2.05, 4.69) is 0 Å². The first-order valence-corrected chi connectivity index (χ1v) is 4.87. The Morgan fingerprint density at radius 3 is 2.59 bits per heavy atom. The molecule has 0 bridgehead atoms. The van der Waals surface area contributed by atoms with Gasteiger partial charge in [-0.2, -0.15) is 0 Å². The van der Waals surface area contributed by atoms with Crippen molar-refractivity contribution >= 4 is 6.29 Å². The van der Waals surface area contributed by atoms with E-state index in [-0.39, 0.29) is 5.75 Å². The summed E-state index contributed by atoms with van der Waals surface area (Å²) in [6.07, 6.45) is 0.661. The van der Waals surface area contributed by atoms with Gasteiger partial charge >= 0.3 is 0 Å². The van der Waals surface area contributed by atoms with Crippen molar-refractivity contribution in [1.82, 2.24) is 0 Å². The van der Waals surface area contributed by atoms with Gasteiger partial charge in [0.1, 0.15) is 17.9 Å². The highest BCUT2D eigenvalue weighted by Crippen LogP contribution is 2.25. The van der Waals surface area contributed by atoms with Crippen LogP contribution in [0.5, 0.6) is 11.5 Å². The molecule has 0 N–H and O–H groups in total. The molecule has 0 amide bonds. The number of rotatable bonds is 3. The molecule has 17 heavy (non-hydrogen) atoms. The molecule has 0 unspecified atom stereocenters. The molecule has 0 aliphatic heterocycles. The summed E-state index contributed by atoms with van der Waals surface area (Å²) >= 11 is 0. The van der Waals surface area contributed by atoms with Crippen molar-refractivity contribution in [3.8, 4) is 11.5 Å². The smallest absolute Gasteiger partial charge is 0.168 e. The third-order valence-electron chi connectivity index (χ3n) is 2.12. The molecule has 0 radical (unpaired) electrons. The van der Waals surface area contributed by atoms with Gasteiger partial charge in [0.05, 0.1) is 0 Å². The highest BCUT2D eigenvalue weighted by atomic mass is 19.1. The molecular formula is C13H8F2O2. The van der Waals surface area contributed by atoms with Gasteiger partial charge in [0.2, 0.25) is 0 Å². The van der Waals surface area contributed by atoms with Crippen LogP contribution in [0, 0.1) is 11.6 Å². The molecule has 0 saturated carbocycles. The summed E-state index contributed by atoms with van der Waals surface area (Å²) < 4.78 is 31.2. The van der Waals surface area contributed by atoms with Crippen LogP contribution in [0.1, 0.15) is 10.4 Å². The van der Waals surface area contributed by atoms with Crippen molar-refractivity contribution in [1.29, 1.82) is 0 Å². The largest absolute Gasteiger partial charge is 0.454 e. The van der Waals surface area contributed by atoms with Gasteiger partial charge < -0.3 is 4.74 Å². The predicted molar refractivity (Wildman–Crippen MR) is 58.3 cm³/mol. The minimum Gasteiger partial charge on any atom is -0.454 e. The standard InChI is InChI=1S/C13H8F2O2/c14-10-4-5-13(12(15)7-10)17-11-3-1-2-9(6-11)8-16/h1-8H. The molecule has 0 atom stereocenters. The van der Waals surface area contributed by atoms with E-state index in [0.717, 1.165) is 12.1 Å². The first kappa shape index (κ1) is 11.3. The van der Waals surface area contributed by atoms with Crippen molar-refractivity contribution in [3.63, 3.8) is 0 Å². The maximum absolute atomic E-state index is 13.3. The molecule has 0 aliphatic carbocycles. The lowest BCUT2D eigenvalue weighted by Gasteiger charge is -2.06. The minimum absolute atomic E-state index is 0.0885. The normalized spacial score (nSPS) is 10.0. The van der Waals surface area contributed by atoms with Gasteiger partial charge in [-0.15, -0.1) is 0 Å². The monoisotopic (exact) mass is 234 g/mol. The zero-order valence-electron chi connectivity index (χ0n) is 8.69. The molecule has 2 aromatic carbocycles. The fourth-order valence-corrected chi connectivity index (χ4v) is 1.34. The van der Waals surface area contributed by atoms with E-state index in [0.29, 0.717) is 17.6 Å². The number of carbonyl (C=O) groups is 1. The van der Waals surface area contributed by atoms with E-state index >= 15 is 0 Å². The molecule has 2 aromatic rings. The lowest BCUT2D eigenvalue weighted by Crippen LogP contribution is -1.90. The van der Waals surface area contributed by atoms with Crippen LogP contribution in [0.3, 0.4) is 0 Å². The fraction of sp³-hybridized carbons (Fsp3) is 0. The second-order valence-electron chi connectivity index (χ2n) is 3.37. The van der Waals surface area contributed by atoms with Gasteiger partial charge in [0.25, 0.3) is 0 Å². The molecule has 4 heteroatoms. The molecular weight excluding hydrogens is 226 g/mol. The maximum atomic E-state index is 13.3. The minimum atomic E-state index is -0.790. The number of ether oxygens (including phenoxy) is 1. The lowest BCUT2D eigenvalue weighted by atomic mass is 10.2. The number of hydrogen-bond donors (Lipinski definition) is 0. The van der Waals surface area contributed by atoms with Crippen molar-refractivity contribution in [2.75, 3.05) is 0 Å². The maximum Gasteiger partial charge on any atom is 0.168 e. The molecule has 0 saturated heterocycles. The zero-order valence-corrected chi connectivity index (χ0v) is 8.69. The Morgan fingerprint density at radius 1 is 1.06 bits per heavy atom. The topological polar surface area (TPSA) is 26.3 Å². The highest BCUT2D eigenvalue weighted by molar-refractivity contribution is 5.75. The first-order chi connectivity index (χ1) is 8.19. The summed E-state index contributed by atoms with van der Waals surface area (Å²) in [5.74, 6) is -1.23. The lowest BCUT2D eigenvalue weighted by molar-refractivity contribution is 0.112. The Kier molecular flexibility index (Phi) is 3.14. The third kappa shape index (κ3) is 2.66. The SMILES string of the molecule is O=Cc1cccc(Oc2ccc(F)cc2F)c1. The van der Waals surface area contributed by atoms with Gasteiger partial charge in [-0.3, -0.25) is 4.79 Å². The highest BCUT2D eigenvalue weighted by Gasteiger charge is 2.06. The number of carbonyl (C=O) groups excluding carboxylic acids is 1. The van der Waals surface area contributed by atoms with Gasteiger partial charge in [0.15, 0.2) is 11.6 Å². The Morgan fingerprint density at radius 2 is 1.88 bits per heavy atom. The number of hydrogen-bond acceptors (Lipinski definition) is 2. The second kappa shape index (κ2) is 4.74. The van der Waals surface area contributed by atoms with Crippen LogP contribution < -0.4 is 4.74 Å². The Labute approximate surface area is 96.5 Å². The zero-order chi connectivity index (χ0) is 12.3. The van der Waals surface area contributed by atoms with E-state index in [4.69, 9.17) is 4.74 Å². The summed E-state index contributed by atoms with van der Waals surface area (Å²) in [5.41, 5.74) is 0.421. The van der Waals surface area contributed by atoms with E-state index < -0.39 is 11.6 Å². The van der Waals surface area contributed by atoms with Gasteiger partial charge in [-0.1, -0.05) is 12.1 Å². The molecule has 0 spiro atoms. The Balaban J connectivity index is 2.27. The van der Waals surface area contributed by atoms with Gasteiger partial charge in [0, 0.05) is 11.6 Å². The molecule has 2 nitrogen and oxygen atoms in total. The van der Waals surface area contributed by atoms with E-state index in [9.17, 15) is 13.6 Å². The average molecular weight is 234 g/mol. The van der Waals surface area contributed by atoms with Crippen LogP contribution in [0.25, 0.3) is 0 Å². The Bertz CT molecular complexity index is 553. The van der Waals surface area contributed by atoms with Crippen LogP contribution in [-0.2, 0) is 0 Å². The van der Waals surface area contributed by atoms with Crippen molar-refractivity contribution < 1.29 is 18.3 Å². The second-order valence-corrected chi connectivity index (χ2v) is 3.37. The van der Waals surface area contributed by atoms with E-state index in [1.807, 2.05) is 0 Å². The van der Waals surface area contributed by atoms with Gasteiger partial charge in [-0.05, 0) is 24.3 Å². The molecule has 2 rings (SSSR count). The summed E-state index contributed by atoms with van der Waals surface area (Å²) in [7, 11) is 0. The van der Waals surface area contributed by atoms with Crippen LogP contribution in [-0.4, -0.2) is 6.29 Å².